The zero-order valence-corrected chi connectivity index (χ0v) is 12.7. The van der Waals surface area contributed by atoms with Gasteiger partial charge in [0.1, 0.15) is 11.5 Å². The minimum Gasteiger partial charge on any atom is -0.497 e. The first-order valence-corrected chi connectivity index (χ1v) is 7.15. The van der Waals surface area contributed by atoms with Crippen LogP contribution in [-0.2, 0) is 0 Å². The first-order chi connectivity index (χ1) is 9.24. The summed E-state index contributed by atoms with van der Waals surface area (Å²) < 4.78 is 10.7. The predicted octanol–water partition coefficient (Wildman–Crippen LogP) is 3.93. The maximum Gasteiger partial charge on any atom is 0.122 e. The van der Waals surface area contributed by atoms with Gasteiger partial charge in [-0.3, -0.25) is 0 Å². The van der Waals surface area contributed by atoms with Gasteiger partial charge >= 0.3 is 0 Å². The fraction of sp³-hybridized carbons (Fsp3) is 0.625. The van der Waals surface area contributed by atoms with Crippen molar-refractivity contribution in [2.24, 2.45) is 0 Å². The molecule has 0 radical (unpaired) electrons. The van der Waals surface area contributed by atoms with Crippen LogP contribution >= 0.6 is 0 Å². The normalized spacial score (nSPS) is 12.2. The number of methoxy groups -OCH3 is 2. The molecular weight excluding hydrogens is 238 g/mol. The summed E-state index contributed by atoms with van der Waals surface area (Å²) in [6, 6.07) is 6.45. The Morgan fingerprint density at radius 3 is 2.11 bits per heavy atom. The molecular formula is C16H27NO2. The molecule has 3 heteroatoms. The van der Waals surface area contributed by atoms with Crippen LogP contribution in [0.15, 0.2) is 18.2 Å². The van der Waals surface area contributed by atoms with Gasteiger partial charge in [-0.05, 0) is 31.2 Å². The summed E-state index contributed by atoms with van der Waals surface area (Å²) in [5, 5.41) is 3.39. The molecule has 0 amide bonds. The van der Waals surface area contributed by atoms with Crippen LogP contribution in [0.4, 0.5) is 0 Å². The summed E-state index contributed by atoms with van der Waals surface area (Å²) in [6.07, 6.45) is 6.29. The summed E-state index contributed by atoms with van der Waals surface area (Å²) in [5.41, 5.74) is 1.23. The summed E-state index contributed by atoms with van der Waals surface area (Å²) in [7, 11) is 5.39. The number of unbranched alkanes of at least 4 members (excludes halogenated alkanes) is 3. The fourth-order valence-electron chi connectivity index (χ4n) is 2.28. The molecule has 0 spiro atoms. The average Bonchev–Trinajstić information content (AvgIpc) is 2.46. The smallest absolute Gasteiger partial charge is 0.122 e. The number of rotatable bonds is 9. The molecule has 1 aromatic carbocycles. The molecule has 108 valence electrons. The van der Waals surface area contributed by atoms with Crippen molar-refractivity contribution < 1.29 is 9.47 Å². The molecule has 3 nitrogen and oxygen atoms in total. The number of ether oxygens (including phenoxy) is 2. The molecule has 0 saturated carbocycles. The van der Waals surface area contributed by atoms with Crippen LogP contribution in [0.5, 0.6) is 11.5 Å². The largest absolute Gasteiger partial charge is 0.497 e. The lowest BCUT2D eigenvalue weighted by Crippen LogP contribution is -2.16. The quantitative estimate of drug-likeness (QED) is 0.686. The molecule has 1 unspecified atom stereocenters. The lowest BCUT2D eigenvalue weighted by Gasteiger charge is -2.18. The fourth-order valence-corrected chi connectivity index (χ4v) is 2.28. The van der Waals surface area contributed by atoms with Crippen molar-refractivity contribution >= 4 is 0 Å². The van der Waals surface area contributed by atoms with Gasteiger partial charge in [-0.15, -0.1) is 0 Å². The van der Waals surface area contributed by atoms with E-state index in [4.69, 9.17) is 9.47 Å². The van der Waals surface area contributed by atoms with E-state index in [2.05, 4.69) is 24.4 Å². The molecule has 0 aliphatic rings. The van der Waals surface area contributed by atoms with Gasteiger partial charge in [0.25, 0.3) is 0 Å². The van der Waals surface area contributed by atoms with Crippen molar-refractivity contribution in [3.05, 3.63) is 23.8 Å². The lowest BCUT2D eigenvalue weighted by atomic mass is 9.99. The molecule has 1 N–H and O–H groups in total. The zero-order valence-electron chi connectivity index (χ0n) is 12.7. The maximum atomic E-state index is 5.33. The van der Waals surface area contributed by atoms with E-state index in [1.54, 1.807) is 14.2 Å². The highest BCUT2D eigenvalue weighted by Crippen LogP contribution is 2.28. The average molecular weight is 265 g/mol. The van der Waals surface area contributed by atoms with Gasteiger partial charge in [-0.2, -0.15) is 0 Å². The summed E-state index contributed by atoms with van der Waals surface area (Å²) >= 11 is 0. The van der Waals surface area contributed by atoms with E-state index in [0.717, 1.165) is 17.9 Å². The molecule has 0 heterocycles. The molecule has 19 heavy (non-hydrogen) atoms. The van der Waals surface area contributed by atoms with E-state index >= 15 is 0 Å². The SMILES string of the molecule is CCCCCCC(NC)c1cc(OC)cc(OC)c1. The van der Waals surface area contributed by atoms with Gasteiger partial charge in [0.2, 0.25) is 0 Å². The van der Waals surface area contributed by atoms with Crippen molar-refractivity contribution in [1.29, 1.82) is 0 Å². The first-order valence-electron chi connectivity index (χ1n) is 7.15. The van der Waals surface area contributed by atoms with Crippen LogP contribution in [0.2, 0.25) is 0 Å². The molecule has 0 saturated heterocycles. The highest BCUT2D eigenvalue weighted by Gasteiger charge is 2.11. The standard InChI is InChI=1S/C16H27NO2/c1-5-6-7-8-9-16(17-2)13-10-14(18-3)12-15(11-13)19-4/h10-12,16-17H,5-9H2,1-4H3. The highest BCUT2D eigenvalue weighted by molar-refractivity contribution is 5.39. The second kappa shape index (κ2) is 8.81. The summed E-state index contributed by atoms with van der Waals surface area (Å²) in [5.74, 6) is 1.70. The molecule has 0 aromatic heterocycles. The lowest BCUT2D eigenvalue weighted by molar-refractivity contribution is 0.391. The molecule has 1 rings (SSSR count). The van der Waals surface area contributed by atoms with Gasteiger partial charge in [0.15, 0.2) is 0 Å². The van der Waals surface area contributed by atoms with Gasteiger partial charge in [0, 0.05) is 12.1 Å². The third kappa shape index (κ3) is 5.11. The molecule has 0 bridgehead atoms. The molecule has 1 atom stereocenters. The van der Waals surface area contributed by atoms with E-state index in [0.29, 0.717) is 6.04 Å². The van der Waals surface area contributed by atoms with Gasteiger partial charge in [0.05, 0.1) is 14.2 Å². The van der Waals surface area contributed by atoms with E-state index in [1.807, 2.05) is 13.1 Å². The number of benzene rings is 1. The second-order valence-electron chi connectivity index (χ2n) is 4.84. The Morgan fingerprint density at radius 1 is 1.00 bits per heavy atom. The second-order valence-corrected chi connectivity index (χ2v) is 4.84. The molecule has 0 aliphatic carbocycles. The number of nitrogens with one attached hydrogen (secondary N) is 1. The van der Waals surface area contributed by atoms with Crippen LogP contribution in [0.1, 0.15) is 50.6 Å². The van der Waals surface area contributed by atoms with Crippen molar-refractivity contribution in [2.45, 2.75) is 45.1 Å². The molecule has 0 aliphatic heterocycles. The third-order valence-corrected chi connectivity index (χ3v) is 3.47. The van der Waals surface area contributed by atoms with Crippen LogP contribution in [0.25, 0.3) is 0 Å². The Morgan fingerprint density at radius 2 is 1.63 bits per heavy atom. The minimum absolute atomic E-state index is 0.362. The molecule has 1 aromatic rings. The number of hydrogen-bond acceptors (Lipinski definition) is 3. The third-order valence-electron chi connectivity index (χ3n) is 3.47. The monoisotopic (exact) mass is 265 g/mol. The van der Waals surface area contributed by atoms with Crippen molar-refractivity contribution in [1.82, 2.24) is 5.32 Å². The Kier molecular flexibility index (Phi) is 7.34. The van der Waals surface area contributed by atoms with E-state index in [1.165, 1.54) is 31.2 Å². The Balaban J connectivity index is 2.73. The maximum absolute atomic E-state index is 5.33. The topological polar surface area (TPSA) is 30.5 Å². The number of hydrogen-bond donors (Lipinski definition) is 1. The summed E-state index contributed by atoms with van der Waals surface area (Å²) in [6.45, 7) is 2.24. The van der Waals surface area contributed by atoms with E-state index in [-0.39, 0.29) is 0 Å². The van der Waals surface area contributed by atoms with Crippen molar-refractivity contribution in [2.75, 3.05) is 21.3 Å². The van der Waals surface area contributed by atoms with Crippen molar-refractivity contribution in [3.63, 3.8) is 0 Å². The minimum atomic E-state index is 0.362. The van der Waals surface area contributed by atoms with E-state index in [9.17, 15) is 0 Å². The Hall–Kier alpha value is -1.22. The first kappa shape index (κ1) is 15.8. The Labute approximate surface area is 117 Å². The van der Waals surface area contributed by atoms with Crippen molar-refractivity contribution in [3.8, 4) is 11.5 Å². The van der Waals surface area contributed by atoms with Crippen LogP contribution < -0.4 is 14.8 Å². The highest BCUT2D eigenvalue weighted by atomic mass is 16.5. The van der Waals surface area contributed by atoms with Crippen LogP contribution in [0.3, 0.4) is 0 Å². The van der Waals surface area contributed by atoms with Gasteiger partial charge < -0.3 is 14.8 Å². The van der Waals surface area contributed by atoms with Gasteiger partial charge in [-0.25, -0.2) is 0 Å². The predicted molar refractivity (Wildman–Crippen MR) is 80.1 cm³/mol. The summed E-state index contributed by atoms with van der Waals surface area (Å²) in [4.78, 5) is 0. The van der Waals surface area contributed by atoms with Gasteiger partial charge in [-0.1, -0.05) is 32.6 Å². The molecule has 0 fully saturated rings. The van der Waals surface area contributed by atoms with E-state index < -0.39 is 0 Å². The zero-order chi connectivity index (χ0) is 14.1. The Bertz CT molecular complexity index is 344. The van der Waals surface area contributed by atoms with Crippen LogP contribution in [-0.4, -0.2) is 21.3 Å². The van der Waals surface area contributed by atoms with Crippen LogP contribution in [0, 0.1) is 0 Å².